The molecule has 1 unspecified atom stereocenters. The van der Waals surface area contributed by atoms with Crippen molar-refractivity contribution in [3.63, 3.8) is 0 Å². The molecule has 0 bridgehead atoms. The predicted octanol–water partition coefficient (Wildman–Crippen LogP) is 1.82. The average molecular weight is 283 g/mol. The number of carbonyl (C=O) groups excluding carboxylic acids is 1. The zero-order valence-electron chi connectivity index (χ0n) is 11.6. The third-order valence-corrected chi connectivity index (χ3v) is 3.79. The number of carbonyl (C=O) groups is 1. The molecule has 5 heteroatoms. The highest BCUT2D eigenvalue weighted by molar-refractivity contribution is 6.06. The van der Waals surface area contributed by atoms with Crippen LogP contribution >= 0.6 is 0 Å². The van der Waals surface area contributed by atoms with Crippen LogP contribution < -0.4 is 16.2 Å². The monoisotopic (exact) mass is 283 g/mol. The molecule has 3 rings (SSSR count). The van der Waals surface area contributed by atoms with Gasteiger partial charge in [-0.1, -0.05) is 18.2 Å². The zero-order chi connectivity index (χ0) is 14.8. The number of para-hydroxylation sites is 1. The third-order valence-electron chi connectivity index (χ3n) is 3.79. The summed E-state index contributed by atoms with van der Waals surface area (Å²) < 4.78 is 0. The fourth-order valence-corrected chi connectivity index (χ4v) is 2.74. The normalized spacial score (nSPS) is 18.0. The molecular weight excluding hydrogens is 266 g/mol. The van der Waals surface area contributed by atoms with E-state index in [0.717, 1.165) is 24.1 Å². The minimum Gasteiger partial charge on any atom is -0.329 e. The van der Waals surface area contributed by atoms with Gasteiger partial charge in [0.05, 0.1) is 0 Å². The molecule has 0 saturated carbocycles. The Kier molecular flexibility index (Phi) is 3.58. The Morgan fingerprint density at radius 2 is 2.10 bits per heavy atom. The maximum Gasteiger partial charge on any atom is 0.258 e. The Bertz CT molecular complexity index is 723. The van der Waals surface area contributed by atoms with Crippen molar-refractivity contribution in [3.05, 3.63) is 64.1 Å². The minimum absolute atomic E-state index is 0.0572. The molecule has 0 spiro atoms. The van der Waals surface area contributed by atoms with E-state index in [2.05, 4.69) is 4.98 Å². The first kappa shape index (κ1) is 13.6. The average Bonchev–Trinajstić information content (AvgIpc) is 2.66. The van der Waals surface area contributed by atoms with Crippen LogP contribution in [-0.2, 0) is 0 Å². The first-order valence-electron chi connectivity index (χ1n) is 7.02. The number of rotatable bonds is 1. The van der Waals surface area contributed by atoms with E-state index in [-0.39, 0.29) is 17.5 Å². The van der Waals surface area contributed by atoms with Crippen LogP contribution in [0.5, 0.6) is 0 Å². The van der Waals surface area contributed by atoms with Crippen molar-refractivity contribution in [2.45, 2.75) is 18.9 Å². The molecule has 3 N–H and O–H groups in total. The van der Waals surface area contributed by atoms with Gasteiger partial charge in [-0.2, -0.15) is 0 Å². The second-order valence-corrected chi connectivity index (χ2v) is 5.21. The van der Waals surface area contributed by atoms with Crippen molar-refractivity contribution in [1.82, 2.24) is 4.98 Å². The van der Waals surface area contributed by atoms with Crippen LogP contribution in [0.25, 0.3) is 0 Å². The number of amides is 1. The summed E-state index contributed by atoms with van der Waals surface area (Å²) in [5.74, 6) is -0.164. The lowest BCUT2D eigenvalue weighted by atomic mass is 10.0. The number of H-pyrrole nitrogens is 1. The molecule has 1 aliphatic rings. The Morgan fingerprint density at radius 1 is 1.29 bits per heavy atom. The van der Waals surface area contributed by atoms with Crippen molar-refractivity contribution < 1.29 is 4.79 Å². The van der Waals surface area contributed by atoms with Crippen LogP contribution in [-0.4, -0.2) is 17.4 Å². The fraction of sp³-hybridized carbons (Fsp3) is 0.250. The number of pyridine rings is 1. The molecule has 1 atom stereocenters. The van der Waals surface area contributed by atoms with E-state index in [0.29, 0.717) is 12.1 Å². The number of nitrogens with one attached hydrogen (secondary N) is 1. The number of aromatic nitrogens is 1. The Labute approximate surface area is 122 Å². The molecule has 1 aromatic heterocycles. The van der Waals surface area contributed by atoms with E-state index in [4.69, 9.17) is 5.73 Å². The number of anilines is 1. The van der Waals surface area contributed by atoms with E-state index in [1.54, 1.807) is 11.0 Å². The lowest BCUT2D eigenvalue weighted by Crippen LogP contribution is -2.32. The van der Waals surface area contributed by atoms with Crippen LogP contribution in [0.4, 0.5) is 5.69 Å². The fourth-order valence-electron chi connectivity index (χ4n) is 2.74. The summed E-state index contributed by atoms with van der Waals surface area (Å²) in [7, 11) is 0. The molecule has 1 aliphatic heterocycles. The molecule has 0 saturated heterocycles. The maximum absolute atomic E-state index is 12.7. The minimum atomic E-state index is -0.277. The largest absolute Gasteiger partial charge is 0.329 e. The van der Waals surface area contributed by atoms with Gasteiger partial charge in [0.1, 0.15) is 0 Å². The summed E-state index contributed by atoms with van der Waals surface area (Å²) in [6.07, 6.45) is 3.17. The van der Waals surface area contributed by atoms with Gasteiger partial charge in [0.2, 0.25) is 5.56 Å². The van der Waals surface area contributed by atoms with Gasteiger partial charge in [-0.15, -0.1) is 0 Å². The summed E-state index contributed by atoms with van der Waals surface area (Å²) in [6, 6.07) is 10.6. The highest BCUT2D eigenvalue weighted by Crippen LogP contribution is 2.32. The summed E-state index contributed by atoms with van der Waals surface area (Å²) in [5.41, 5.74) is 8.11. The molecule has 2 aromatic rings. The van der Waals surface area contributed by atoms with Gasteiger partial charge < -0.3 is 15.6 Å². The number of benzene rings is 1. The summed E-state index contributed by atoms with van der Waals surface area (Å²) >= 11 is 0. The maximum atomic E-state index is 12.7. The Hall–Kier alpha value is -2.40. The van der Waals surface area contributed by atoms with Crippen LogP contribution in [0.15, 0.2) is 47.4 Å². The number of hydrogen-bond acceptors (Lipinski definition) is 3. The molecule has 0 aliphatic carbocycles. The van der Waals surface area contributed by atoms with Gasteiger partial charge >= 0.3 is 0 Å². The molecule has 5 nitrogen and oxygen atoms in total. The molecule has 21 heavy (non-hydrogen) atoms. The molecule has 2 heterocycles. The van der Waals surface area contributed by atoms with Crippen LogP contribution in [0.1, 0.15) is 34.8 Å². The smallest absolute Gasteiger partial charge is 0.258 e. The van der Waals surface area contributed by atoms with Gasteiger partial charge in [0.25, 0.3) is 5.91 Å². The quantitative estimate of drug-likeness (QED) is 0.837. The van der Waals surface area contributed by atoms with Gasteiger partial charge in [-0.3, -0.25) is 9.59 Å². The van der Waals surface area contributed by atoms with Crippen molar-refractivity contribution in [2.75, 3.05) is 11.4 Å². The molecule has 108 valence electrons. The molecular formula is C16H17N3O2. The SMILES string of the molecule is NC1CCCN(C(=O)c2cc[nH]c(=O)c2)c2ccccc21. The van der Waals surface area contributed by atoms with Gasteiger partial charge in [0.15, 0.2) is 0 Å². The van der Waals surface area contributed by atoms with Crippen LogP contribution in [0, 0.1) is 0 Å². The number of nitrogens with zero attached hydrogens (tertiary/aromatic N) is 1. The van der Waals surface area contributed by atoms with E-state index in [1.165, 1.54) is 12.3 Å². The third kappa shape index (κ3) is 2.60. The topological polar surface area (TPSA) is 79.2 Å². The van der Waals surface area contributed by atoms with Crippen molar-refractivity contribution in [1.29, 1.82) is 0 Å². The first-order valence-corrected chi connectivity index (χ1v) is 7.02. The van der Waals surface area contributed by atoms with E-state index in [1.807, 2.05) is 24.3 Å². The second kappa shape index (κ2) is 5.54. The van der Waals surface area contributed by atoms with Crippen molar-refractivity contribution in [2.24, 2.45) is 5.73 Å². The van der Waals surface area contributed by atoms with Crippen molar-refractivity contribution in [3.8, 4) is 0 Å². The van der Waals surface area contributed by atoms with E-state index >= 15 is 0 Å². The zero-order valence-corrected chi connectivity index (χ0v) is 11.6. The summed E-state index contributed by atoms with van der Waals surface area (Å²) in [5, 5.41) is 0. The second-order valence-electron chi connectivity index (χ2n) is 5.21. The number of hydrogen-bond donors (Lipinski definition) is 2. The Balaban J connectivity index is 2.04. The molecule has 1 amide bonds. The standard InChI is InChI=1S/C16H17N3O2/c17-13-5-3-9-19(14-6-2-1-4-12(13)14)16(21)11-7-8-18-15(20)10-11/h1-2,4,6-8,10,13H,3,5,9,17H2,(H,18,20). The van der Waals surface area contributed by atoms with Gasteiger partial charge in [0, 0.05) is 36.1 Å². The Morgan fingerprint density at radius 3 is 2.90 bits per heavy atom. The number of fused-ring (bicyclic) bond motifs is 1. The molecule has 1 aromatic carbocycles. The molecule has 0 radical (unpaired) electrons. The highest BCUT2D eigenvalue weighted by atomic mass is 16.2. The lowest BCUT2D eigenvalue weighted by molar-refractivity contribution is 0.0986. The summed E-state index contributed by atoms with van der Waals surface area (Å²) in [6.45, 7) is 0.607. The summed E-state index contributed by atoms with van der Waals surface area (Å²) in [4.78, 5) is 28.3. The van der Waals surface area contributed by atoms with E-state index < -0.39 is 0 Å². The van der Waals surface area contributed by atoms with Crippen LogP contribution in [0.3, 0.4) is 0 Å². The highest BCUT2D eigenvalue weighted by Gasteiger charge is 2.25. The first-order chi connectivity index (χ1) is 10.2. The van der Waals surface area contributed by atoms with Gasteiger partial charge in [-0.25, -0.2) is 0 Å². The van der Waals surface area contributed by atoms with Crippen LogP contribution in [0.2, 0.25) is 0 Å². The van der Waals surface area contributed by atoms with E-state index in [9.17, 15) is 9.59 Å². The predicted molar refractivity (Wildman–Crippen MR) is 81.3 cm³/mol. The number of aromatic amines is 1. The van der Waals surface area contributed by atoms with Gasteiger partial charge in [-0.05, 0) is 30.5 Å². The lowest BCUT2D eigenvalue weighted by Gasteiger charge is -2.23. The van der Waals surface area contributed by atoms with Crippen molar-refractivity contribution >= 4 is 11.6 Å². The molecule has 0 fully saturated rings. The number of nitrogens with two attached hydrogens (primary N) is 1.